The smallest absolute Gasteiger partial charge is 0.0404 e. The summed E-state index contributed by atoms with van der Waals surface area (Å²) in [4.78, 5) is 4.48. The highest BCUT2D eigenvalue weighted by atomic mass is 14.9. The largest absolute Gasteiger partial charge is 0.314 e. The number of aromatic nitrogens is 1. The Balaban J connectivity index is 1.90. The van der Waals surface area contributed by atoms with Crippen molar-refractivity contribution in [1.82, 2.24) is 10.3 Å². The zero-order chi connectivity index (χ0) is 14.9. The molecule has 118 valence electrons. The van der Waals surface area contributed by atoms with Crippen LogP contribution in [0.2, 0.25) is 0 Å². The van der Waals surface area contributed by atoms with Crippen LogP contribution in [0.25, 0.3) is 0 Å². The molecule has 1 fully saturated rings. The summed E-state index contributed by atoms with van der Waals surface area (Å²) >= 11 is 0. The Hall–Kier alpha value is -0.890. The maximum absolute atomic E-state index is 4.48. The molecule has 0 amide bonds. The van der Waals surface area contributed by atoms with Crippen molar-refractivity contribution in [2.24, 2.45) is 11.8 Å². The molecule has 1 N–H and O–H groups in total. The van der Waals surface area contributed by atoms with Crippen LogP contribution in [0.5, 0.6) is 0 Å². The second kappa shape index (κ2) is 9.19. The quantitative estimate of drug-likeness (QED) is 0.756. The van der Waals surface area contributed by atoms with E-state index in [1.165, 1.54) is 50.6 Å². The van der Waals surface area contributed by atoms with E-state index >= 15 is 0 Å². The molecule has 21 heavy (non-hydrogen) atoms. The van der Waals surface area contributed by atoms with E-state index in [4.69, 9.17) is 0 Å². The Morgan fingerprint density at radius 3 is 2.90 bits per heavy atom. The minimum absolute atomic E-state index is 0.682. The molecule has 2 rings (SSSR count). The van der Waals surface area contributed by atoms with Crippen LogP contribution in [0.3, 0.4) is 0 Å². The molecule has 2 heteroatoms. The van der Waals surface area contributed by atoms with Gasteiger partial charge >= 0.3 is 0 Å². The van der Waals surface area contributed by atoms with Gasteiger partial charge in [-0.3, -0.25) is 4.98 Å². The number of nitrogens with one attached hydrogen (secondary N) is 1. The zero-order valence-electron chi connectivity index (χ0n) is 13.9. The molecular formula is C19H32N2. The van der Waals surface area contributed by atoms with Gasteiger partial charge in [0.15, 0.2) is 0 Å². The van der Waals surface area contributed by atoms with Crippen molar-refractivity contribution >= 4 is 0 Å². The molecule has 0 spiro atoms. The third kappa shape index (κ3) is 5.43. The first-order valence-corrected chi connectivity index (χ1v) is 8.96. The van der Waals surface area contributed by atoms with Crippen molar-refractivity contribution in [3.63, 3.8) is 0 Å². The molecule has 0 radical (unpaired) electrons. The van der Waals surface area contributed by atoms with Gasteiger partial charge in [-0.25, -0.2) is 0 Å². The van der Waals surface area contributed by atoms with Gasteiger partial charge in [-0.05, 0) is 62.6 Å². The Labute approximate surface area is 130 Å². The number of rotatable bonds is 8. The van der Waals surface area contributed by atoms with E-state index in [0.717, 1.165) is 24.8 Å². The molecular weight excluding hydrogens is 256 g/mol. The average Bonchev–Trinajstić information content (AvgIpc) is 2.56. The third-order valence-corrected chi connectivity index (χ3v) is 5.06. The Kier molecular flexibility index (Phi) is 7.21. The number of hydrogen-bond acceptors (Lipinski definition) is 2. The standard InChI is InChI=1S/C19H32N2/c1-3-13-21-19(12-11-18-10-5-6-14-20-18)17-9-7-8-16(4-2)15-17/h5-6,10,14,16-17,19,21H,3-4,7-9,11-13,15H2,1-2H3. The van der Waals surface area contributed by atoms with Crippen LogP contribution < -0.4 is 5.32 Å². The van der Waals surface area contributed by atoms with E-state index in [0.29, 0.717) is 6.04 Å². The van der Waals surface area contributed by atoms with Gasteiger partial charge in [-0.2, -0.15) is 0 Å². The Morgan fingerprint density at radius 1 is 1.29 bits per heavy atom. The van der Waals surface area contributed by atoms with Crippen LogP contribution in [-0.4, -0.2) is 17.6 Å². The van der Waals surface area contributed by atoms with Crippen molar-refractivity contribution in [3.05, 3.63) is 30.1 Å². The summed E-state index contributed by atoms with van der Waals surface area (Å²) in [5, 5.41) is 3.83. The molecule has 1 saturated carbocycles. The van der Waals surface area contributed by atoms with Gasteiger partial charge in [-0.15, -0.1) is 0 Å². The summed E-state index contributed by atoms with van der Waals surface area (Å²) in [5.41, 5.74) is 1.24. The van der Waals surface area contributed by atoms with Gasteiger partial charge in [0.25, 0.3) is 0 Å². The topological polar surface area (TPSA) is 24.9 Å². The van der Waals surface area contributed by atoms with Gasteiger partial charge in [0, 0.05) is 17.9 Å². The van der Waals surface area contributed by atoms with Gasteiger partial charge in [0.1, 0.15) is 0 Å². The highest BCUT2D eigenvalue weighted by molar-refractivity contribution is 5.04. The SMILES string of the molecule is CCCNC(CCc1ccccn1)C1CCCC(CC)C1. The molecule has 3 unspecified atom stereocenters. The van der Waals surface area contributed by atoms with E-state index in [2.05, 4.69) is 36.3 Å². The highest BCUT2D eigenvalue weighted by Gasteiger charge is 2.27. The minimum Gasteiger partial charge on any atom is -0.314 e. The lowest BCUT2D eigenvalue weighted by Gasteiger charge is -2.35. The highest BCUT2D eigenvalue weighted by Crippen LogP contribution is 2.34. The monoisotopic (exact) mass is 288 g/mol. The molecule has 1 aromatic rings. The molecule has 0 saturated heterocycles. The summed E-state index contributed by atoms with van der Waals surface area (Å²) < 4.78 is 0. The van der Waals surface area contributed by atoms with Crippen LogP contribution in [0.4, 0.5) is 0 Å². The fourth-order valence-corrected chi connectivity index (χ4v) is 3.75. The Bertz CT molecular complexity index is 376. The minimum atomic E-state index is 0.682. The van der Waals surface area contributed by atoms with Crippen molar-refractivity contribution in [2.75, 3.05) is 6.54 Å². The lowest BCUT2D eigenvalue weighted by atomic mass is 9.75. The van der Waals surface area contributed by atoms with E-state index in [9.17, 15) is 0 Å². The van der Waals surface area contributed by atoms with Crippen molar-refractivity contribution in [1.29, 1.82) is 0 Å². The number of aryl methyl sites for hydroxylation is 1. The molecule has 1 heterocycles. The summed E-state index contributed by atoms with van der Waals surface area (Å²) in [7, 11) is 0. The number of hydrogen-bond donors (Lipinski definition) is 1. The summed E-state index contributed by atoms with van der Waals surface area (Å²) in [6, 6.07) is 6.95. The van der Waals surface area contributed by atoms with Crippen molar-refractivity contribution in [2.45, 2.75) is 71.3 Å². The fourth-order valence-electron chi connectivity index (χ4n) is 3.75. The molecule has 0 aliphatic heterocycles. The van der Waals surface area contributed by atoms with Crippen LogP contribution in [0.1, 0.15) is 64.5 Å². The summed E-state index contributed by atoms with van der Waals surface area (Å²) in [6.07, 6.45) is 12.6. The number of nitrogens with zero attached hydrogens (tertiary/aromatic N) is 1. The van der Waals surface area contributed by atoms with E-state index in [-0.39, 0.29) is 0 Å². The molecule has 0 aromatic carbocycles. The number of pyridine rings is 1. The van der Waals surface area contributed by atoms with E-state index in [1.54, 1.807) is 0 Å². The van der Waals surface area contributed by atoms with Gasteiger partial charge in [0.2, 0.25) is 0 Å². The first-order valence-electron chi connectivity index (χ1n) is 8.96. The molecule has 1 aromatic heterocycles. The molecule has 1 aliphatic rings. The average molecular weight is 288 g/mol. The maximum atomic E-state index is 4.48. The summed E-state index contributed by atoms with van der Waals surface area (Å²) in [6.45, 7) is 5.77. The predicted octanol–water partition coefficient (Wildman–Crippen LogP) is 4.60. The van der Waals surface area contributed by atoms with Crippen LogP contribution in [-0.2, 0) is 6.42 Å². The van der Waals surface area contributed by atoms with Crippen molar-refractivity contribution < 1.29 is 0 Å². The van der Waals surface area contributed by atoms with Crippen LogP contribution in [0, 0.1) is 11.8 Å². The van der Waals surface area contributed by atoms with Gasteiger partial charge < -0.3 is 5.32 Å². The third-order valence-electron chi connectivity index (χ3n) is 5.06. The van der Waals surface area contributed by atoms with Gasteiger partial charge in [-0.1, -0.05) is 39.2 Å². The first-order chi connectivity index (χ1) is 10.3. The second-order valence-electron chi connectivity index (χ2n) is 6.62. The fraction of sp³-hybridized carbons (Fsp3) is 0.737. The molecule has 0 bridgehead atoms. The lowest BCUT2D eigenvalue weighted by molar-refractivity contribution is 0.202. The normalized spacial score (nSPS) is 23.9. The summed E-state index contributed by atoms with van der Waals surface area (Å²) in [5.74, 6) is 1.84. The second-order valence-corrected chi connectivity index (χ2v) is 6.62. The van der Waals surface area contributed by atoms with E-state index in [1.807, 2.05) is 12.3 Å². The van der Waals surface area contributed by atoms with Crippen LogP contribution in [0.15, 0.2) is 24.4 Å². The van der Waals surface area contributed by atoms with E-state index < -0.39 is 0 Å². The van der Waals surface area contributed by atoms with Crippen LogP contribution >= 0.6 is 0 Å². The maximum Gasteiger partial charge on any atom is 0.0404 e. The predicted molar refractivity (Wildman–Crippen MR) is 90.4 cm³/mol. The zero-order valence-corrected chi connectivity index (χ0v) is 13.9. The molecule has 3 atom stereocenters. The first kappa shape index (κ1) is 16.5. The molecule has 2 nitrogen and oxygen atoms in total. The van der Waals surface area contributed by atoms with Crippen molar-refractivity contribution in [3.8, 4) is 0 Å². The lowest BCUT2D eigenvalue weighted by Crippen LogP contribution is -2.39. The molecule has 1 aliphatic carbocycles. The van der Waals surface area contributed by atoms with Gasteiger partial charge in [0.05, 0.1) is 0 Å². The Morgan fingerprint density at radius 2 is 2.19 bits per heavy atom.